The van der Waals surface area contributed by atoms with Crippen molar-refractivity contribution in [2.24, 2.45) is 0 Å². The van der Waals surface area contributed by atoms with Gasteiger partial charge in [-0.2, -0.15) is 0 Å². The highest BCUT2D eigenvalue weighted by Crippen LogP contribution is 2.36. The normalized spacial score (nSPS) is 16.9. The summed E-state index contributed by atoms with van der Waals surface area (Å²) in [6, 6.07) is 8.54. The SMILES string of the molecule is C[C@H]1CC(=O)Nc2cc(S(=O)(=O)CCC(=O)NCc3cccs3)ccc2S1. The average molecular weight is 425 g/mol. The second-order valence-electron chi connectivity index (χ2n) is 6.26. The van der Waals surface area contributed by atoms with Crippen molar-refractivity contribution in [1.29, 1.82) is 0 Å². The van der Waals surface area contributed by atoms with Gasteiger partial charge in [0.2, 0.25) is 11.8 Å². The number of thiophene rings is 1. The molecular formula is C18H20N2O4S3. The van der Waals surface area contributed by atoms with Crippen LogP contribution in [0, 0.1) is 0 Å². The van der Waals surface area contributed by atoms with Crippen molar-refractivity contribution in [1.82, 2.24) is 5.32 Å². The van der Waals surface area contributed by atoms with Crippen LogP contribution in [-0.2, 0) is 26.0 Å². The summed E-state index contributed by atoms with van der Waals surface area (Å²) in [6.45, 7) is 2.36. The van der Waals surface area contributed by atoms with Crippen molar-refractivity contribution in [3.05, 3.63) is 40.6 Å². The second-order valence-corrected chi connectivity index (χ2v) is 10.9. The maximum Gasteiger partial charge on any atom is 0.225 e. The maximum atomic E-state index is 12.6. The van der Waals surface area contributed by atoms with Crippen molar-refractivity contribution in [3.8, 4) is 0 Å². The number of thioether (sulfide) groups is 1. The minimum atomic E-state index is -3.62. The van der Waals surface area contributed by atoms with Crippen molar-refractivity contribution >= 4 is 50.4 Å². The molecule has 1 aliphatic heterocycles. The van der Waals surface area contributed by atoms with Gasteiger partial charge in [0.05, 0.1) is 22.9 Å². The summed E-state index contributed by atoms with van der Waals surface area (Å²) in [7, 11) is -3.62. The lowest BCUT2D eigenvalue weighted by atomic mass is 10.3. The highest BCUT2D eigenvalue weighted by molar-refractivity contribution is 8.00. The van der Waals surface area contributed by atoms with E-state index in [9.17, 15) is 18.0 Å². The van der Waals surface area contributed by atoms with E-state index in [1.165, 1.54) is 35.2 Å². The number of fused-ring (bicyclic) bond motifs is 1. The van der Waals surface area contributed by atoms with Crippen LogP contribution in [0.25, 0.3) is 0 Å². The van der Waals surface area contributed by atoms with Gasteiger partial charge in [-0.05, 0) is 29.6 Å². The van der Waals surface area contributed by atoms with Crippen LogP contribution in [-0.4, -0.2) is 31.2 Å². The lowest BCUT2D eigenvalue weighted by molar-refractivity contribution is -0.121. The quantitative estimate of drug-likeness (QED) is 0.744. The fourth-order valence-electron chi connectivity index (χ4n) is 2.66. The number of carbonyl (C=O) groups is 2. The Morgan fingerprint density at radius 2 is 2.15 bits per heavy atom. The van der Waals surface area contributed by atoms with E-state index in [1.54, 1.807) is 6.07 Å². The van der Waals surface area contributed by atoms with Gasteiger partial charge < -0.3 is 10.6 Å². The molecule has 1 aromatic heterocycles. The molecule has 2 aromatic rings. The lowest BCUT2D eigenvalue weighted by Gasteiger charge is -2.10. The molecular weight excluding hydrogens is 404 g/mol. The lowest BCUT2D eigenvalue weighted by Crippen LogP contribution is -2.24. The van der Waals surface area contributed by atoms with Crippen LogP contribution in [0.2, 0.25) is 0 Å². The van der Waals surface area contributed by atoms with E-state index < -0.39 is 9.84 Å². The number of sulfone groups is 1. The largest absolute Gasteiger partial charge is 0.351 e. The Balaban J connectivity index is 1.64. The van der Waals surface area contributed by atoms with Crippen molar-refractivity contribution in [2.75, 3.05) is 11.1 Å². The topological polar surface area (TPSA) is 92.3 Å². The monoisotopic (exact) mass is 424 g/mol. The molecule has 1 aliphatic rings. The van der Waals surface area contributed by atoms with Crippen LogP contribution in [0.5, 0.6) is 0 Å². The Bertz CT molecular complexity index is 940. The van der Waals surface area contributed by atoms with E-state index >= 15 is 0 Å². The third kappa shape index (κ3) is 5.33. The van der Waals surface area contributed by atoms with Gasteiger partial charge in [-0.15, -0.1) is 23.1 Å². The Hall–Kier alpha value is -1.84. The molecule has 27 heavy (non-hydrogen) atoms. The molecule has 9 heteroatoms. The van der Waals surface area contributed by atoms with E-state index in [-0.39, 0.29) is 34.1 Å². The van der Waals surface area contributed by atoms with Crippen molar-refractivity contribution in [2.45, 2.75) is 41.4 Å². The van der Waals surface area contributed by atoms with Gasteiger partial charge in [-0.25, -0.2) is 8.42 Å². The summed E-state index contributed by atoms with van der Waals surface area (Å²) in [5.74, 6) is -0.713. The molecule has 0 bridgehead atoms. The minimum Gasteiger partial charge on any atom is -0.351 e. The summed E-state index contributed by atoms with van der Waals surface area (Å²) in [5, 5.41) is 7.53. The van der Waals surface area contributed by atoms with Crippen molar-refractivity contribution < 1.29 is 18.0 Å². The predicted octanol–water partition coefficient (Wildman–Crippen LogP) is 3.05. The van der Waals surface area contributed by atoms with E-state index in [0.29, 0.717) is 18.7 Å². The predicted molar refractivity (Wildman–Crippen MR) is 108 cm³/mol. The second kappa shape index (κ2) is 8.45. The third-order valence-corrected chi connectivity index (χ3v) is 7.79. The van der Waals surface area contributed by atoms with Gasteiger partial charge in [0, 0.05) is 27.9 Å². The molecule has 2 N–H and O–H groups in total. The van der Waals surface area contributed by atoms with Crippen LogP contribution in [0.4, 0.5) is 5.69 Å². The van der Waals surface area contributed by atoms with Gasteiger partial charge in [0.1, 0.15) is 0 Å². The first-order valence-electron chi connectivity index (χ1n) is 8.46. The van der Waals surface area contributed by atoms with E-state index in [2.05, 4.69) is 10.6 Å². The summed E-state index contributed by atoms with van der Waals surface area (Å²) in [6.07, 6.45) is 0.273. The first-order valence-corrected chi connectivity index (χ1v) is 11.9. The zero-order chi connectivity index (χ0) is 19.4. The Morgan fingerprint density at radius 1 is 1.33 bits per heavy atom. The number of benzene rings is 1. The van der Waals surface area contributed by atoms with Crippen LogP contribution in [0.15, 0.2) is 45.5 Å². The molecule has 2 heterocycles. The highest BCUT2D eigenvalue weighted by Gasteiger charge is 2.22. The molecule has 0 aliphatic carbocycles. The first-order chi connectivity index (χ1) is 12.8. The Labute approximate surface area is 166 Å². The third-order valence-electron chi connectivity index (χ3n) is 4.02. The van der Waals surface area contributed by atoms with Crippen LogP contribution < -0.4 is 10.6 Å². The number of hydrogen-bond acceptors (Lipinski definition) is 6. The van der Waals surface area contributed by atoms with E-state index in [1.807, 2.05) is 24.4 Å². The van der Waals surface area contributed by atoms with Crippen LogP contribution in [0.1, 0.15) is 24.6 Å². The molecule has 0 saturated carbocycles. The molecule has 0 unspecified atom stereocenters. The first kappa shape index (κ1) is 19.9. The molecule has 144 valence electrons. The molecule has 0 fully saturated rings. The molecule has 0 radical (unpaired) electrons. The zero-order valence-corrected chi connectivity index (χ0v) is 17.2. The summed E-state index contributed by atoms with van der Waals surface area (Å²) >= 11 is 3.07. The van der Waals surface area contributed by atoms with Gasteiger partial charge in [0.15, 0.2) is 9.84 Å². The summed E-state index contributed by atoms with van der Waals surface area (Å²) in [5.41, 5.74) is 0.512. The molecule has 3 rings (SSSR count). The number of amides is 2. The molecule has 6 nitrogen and oxygen atoms in total. The molecule has 2 amide bonds. The fraction of sp³-hybridized carbons (Fsp3) is 0.333. The molecule has 0 saturated heterocycles. The standard InChI is InChI=1S/C18H20N2O4S3/c1-12-9-18(22)20-15-10-14(4-5-16(15)26-12)27(23,24)8-6-17(21)19-11-13-3-2-7-25-13/h2-5,7,10,12H,6,8-9,11H2,1H3,(H,19,21)(H,20,22)/t12-/m0/s1. The zero-order valence-electron chi connectivity index (χ0n) is 14.7. The van der Waals surface area contributed by atoms with Crippen molar-refractivity contribution in [3.63, 3.8) is 0 Å². The maximum absolute atomic E-state index is 12.6. The van der Waals surface area contributed by atoms with Crippen LogP contribution >= 0.6 is 23.1 Å². The van der Waals surface area contributed by atoms with Gasteiger partial charge in [-0.3, -0.25) is 9.59 Å². The highest BCUT2D eigenvalue weighted by atomic mass is 32.2. The number of rotatable bonds is 6. The van der Waals surface area contributed by atoms with Gasteiger partial charge >= 0.3 is 0 Å². The number of carbonyl (C=O) groups excluding carboxylic acids is 2. The molecule has 1 atom stereocenters. The molecule has 0 spiro atoms. The van der Waals surface area contributed by atoms with Gasteiger partial charge in [0.25, 0.3) is 0 Å². The van der Waals surface area contributed by atoms with E-state index in [0.717, 1.165) is 9.77 Å². The minimum absolute atomic E-state index is 0.108. The Kier molecular flexibility index (Phi) is 6.23. The summed E-state index contributed by atoms with van der Waals surface area (Å²) < 4.78 is 25.2. The van der Waals surface area contributed by atoms with Crippen LogP contribution in [0.3, 0.4) is 0 Å². The molecule has 1 aromatic carbocycles. The fourth-order valence-corrected chi connectivity index (χ4v) is 5.61. The van der Waals surface area contributed by atoms with E-state index in [4.69, 9.17) is 0 Å². The Morgan fingerprint density at radius 3 is 2.89 bits per heavy atom. The van der Waals surface area contributed by atoms with Gasteiger partial charge in [-0.1, -0.05) is 13.0 Å². The average Bonchev–Trinajstić information content (AvgIpc) is 3.08. The number of nitrogens with one attached hydrogen (secondary N) is 2. The smallest absolute Gasteiger partial charge is 0.225 e. The number of anilines is 1. The summed E-state index contributed by atoms with van der Waals surface area (Å²) in [4.78, 5) is 25.8. The number of hydrogen-bond donors (Lipinski definition) is 2.